The number of hydrogen-bond donors (Lipinski definition) is 2. The lowest BCUT2D eigenvalue weighted by atomic mass is 10.0. The number of benzene rings is 1. The Kier molecular flexibility index (Phi) is 8.21. The van der Waals surface area contributed by atoms with E-state index in [1.165, 1.54) is 18.2 Å². The van der Waals surface area contributed by atoms with Crippen LogP contribution < -0.4 is 15.6 Å². The first kappa shape index (κ1) is 22.7. The number of rotatable bonds is 5. The van der Waals surface area contributed by atoms with Gasteiger partial charge >= 0.3 is 0 Å². The lowest BCUT2D eigenvalue weighted by molar-refractivity contribution is -0.00619. The van der Waals surface area contributed by atoms with Crippen molar-refractivity contribution in [3.05, 3.63) is 66.1 Å². The Morgan fingerprint density at radius 1 is 1.13 bits per heavy atom. The van der Waals surface area contributed by atoms with E-state index in [0.717, 1.165) is 18.9 Å². The van der Waals surface area contributed by atoms with Gasteiger partial charge in [0.2, 0.25) is 0 Å². The molecule has 1 fully saturated rings. The van der Waals surface area contributed by atoms with Crippen molar-refractivity contribution in [2.45, 2.75) is 6.04 Å². The third kappa shape index (κ3) is 4.88. The van der Waals surface area contributed by atoms with Crippen molar-refractivity contribution in [3.8, 4) is 5.75 Å². The molecule has 0 amide bonds. The second-order valence-electron chi connectivity index (χ2n) is 6.15. The van der Waals surface area contributed by atoms with Gasteiger partial charge in [0.15, 0.2) is 5.75 Å². The molecule has 10 heteroatoms. The quantitative estimate of drug-likeness (QED) is 0.484. The van der Waals surface area contributed by atoms with Gasteiger partial charge in [0.25, 0.3) is 0 Å². The van der Waals surface area contributed by atoms with Crippen molar-refractivity contribution in [1.29, 1.82) is 5.41 Å². The SMILES string of the molecule is CF.CF.N=C(c1ccnc(N2CC(n3cccn3)C2)c1)c1cc(OF)ccc1N. The van der Waals surface area contributed by atoms with Crippen molar-refractivity contribution in [2.24, 2.45) is 0 Å². The van der Waals surface area contributed by atoms with E-state index < -0.39 is 0 Å². The molecule has 160 valence electrons. The monoisotopic (exact) mass is 420 g/mol. The van der Waals surface area contributed by atoms with Crippen LogP contribution in [0.4, 0.5) is 24.8 Å². The second kappa shape index (κ2) is 10.8. The van der Waals surface area contributed by atoms with Gasteiger partial charge in [0.1, 0.15) is 5.82 Å². The maximum absolute atomic E-state index is 12.4. The van der Waals surface area contributed by atoms with E-state index in [9.17, 15) is 13.3 Å². The molecule has 1 aliphatic rings. The fourth-order valence-corrected chi connectivity index (χ4v) is 3.01. The smallest absolute Gasteiger partial charge is 0.172 e. The maximum Gasteiger partial charge on any atom is 0.172 e. The molecule has 0 aliphatic carbocycles. The zero-order chi connectivity index (χ0) is 22.1. The van der Waals surface area contributed by atoms with Gasteiger partial charge in [-0.2, -0.15) is 5.10 Å². The molecule has 0 saturated carbocycles. The molecule has 0 unspecified atom stereocenters. The molecule has 3 N–H and O–H groups in total. The molecule has 2 aromatic heterocycles. The van der Waals surface area contributed by atoms with Gasteiger partial charge < -0.3 is 10.6 Å². The maximum atomic E-state index is 12.4. The number of aromatic nitrogens is 3. The molecule has 0 spiro atoms. The molecular formula is C20H23F3N6O. The first-order valence-electron chi connectivity index (χ1n) is 8.89. The molecule has 1 aliphatic heterocycles. The van der Waals surface area contributed by atoms with Crippen LogP contribution in [-0.2, 0) is 0 Å². The minimum atomic E-state index is 0.0121. The van der Waals surface area contributed by atoms with Crippen LogP contribution >= 0.6 is 0 Å². The number of pyridine rings is 1. The molecule has 0 radical (unpaired) electrons. The van der Waals surface area contributed by atoms with Crippen molar-refractivity contribution in [2.75, 3.05) is 38.1 Å². The molecule has 3 heterocycles. The topological polar surface area (TPSA) is 93.0 Å². The summed E-state index contributed by atoms with van der Waals surface area (Å²) in [5.74, 6) is 0.796. The second-order valence-corrected chi connectivity index (χ2v) is 6.15. The van der Waals surface area contributed by atoms with Gasteiger partial charge in [-0.05, 0) is 36.4 Å². The van der Waals surface area contributed by atoms with Gasteiger partial charge in [-0.25, -0.2) is 4.98 Å². The average molecular weight is 420 g/mol. The molecule has 4 rings (SSSR count). The van der Waals surface area contributed by atoms with Crippen LogP contribution in [0.5, 0.6) is 5.75 Å². The first-order valence-corrected chi connectivity index (χ1v) is 8.89. The molecule has 3 aromatic rings. The number of halogens is 3. The van der Waals surface area contributed by atoms with Crippen LogP contribution in [0.2, 0.25) is 0 Å². The van der Waals surface area contributed by atoms with Gasteiger partial charge in [-0.1, -0.05) is 0 Å². The molecule has 30 heavy (non-hydrogen) atoms. The third-order valence-corrected chi connectivity index (χ3v) is 4.50. The zero-order valence-electron chi connectivity index (χ0n) is 16.6. The summed E-state index contributed by atoms with van der Waals surface area (Å²) in [6.45, 7) is 1.61. The number of nitrogen functional groups attached to an aromatic ring is 1. The number of hydrogen-bond acceptors (Lipinski definition) is 6. The fraction of sp³-hybridized carbons (Fsp3) is 0.250. The number of alkyl halides is 2. The largest absolute Gasteiger partial charge is 0.398 e. The predicted molar refractivity (Wildman–Crippen MR) is 110 cm³/mol. The molecule has 0 bridgehead atoms. The summed E-state index contributed by atoms with van der Waals surface area (Å²) < 4.78 is 33.4. The zero-order valence-corrected chi connectivity index (χ0v) is 16.6. The number of nitrogens with zero attached hydrogens (tertiary/aromatic N) is 4. The average Bonchev–Trinajstić information content (AvgIpc) is 3.30. The van der Waals surface area contributed by atoms with Crippen molar-refractivity contribution in [1.82, 2.24) is 14.8 Å². The predicted octanol–water partition coefficient (Wildman–Crippen LogP) is 3.77. The van der Waals surface area contributed by atoms with Crippen LogP contribution in [0, 0.1) is 5.41 Å². The van der Waals surface area contributed by atoms with E-state index in [1.807, 2.05) is 23.0 Å². The van der Waals surface area contributed by atoms with E-state index in [4.69, 9.17) is 11.1 Å². The molecule has 0 atom stereocenters. The van der Waals surface area contributed by atoms with E-state index >= 15 is 0 Å². The summed E-state index contributed by atoms with van der Waals surface area (Å²) in [7, 11) is 1.00. The third-order valence-electron chi connectivity index (χ3n) is 4.50. The first-order chi connectivity index (χ1) is 14.7. The number of nitrogens with two attached hydrogens (primary N) is 1. The molecular weight excluding hydrogens is 397 g/mol. The lowest BCUT2D eigenvalue weighted by Crippen LogP contribution is -2.48. The van der Waals surface area contributed by atoms with Gasteiger partial charge in [0.05, 0.1) is 26.1 Å². The summed E-state index contributed by atoms with van der Waals surface area (Å²) >= 11 is 0. The summed E-state index contributed by atoms with van der Waals surface area (Å²) in [4.78, 5) is 10.3. The van der Waals surface area contributed by atoms with Crippen LogP contribution in [0.25, 0.3) is 0 Å². The Morgan fingerprint density at radius 3 is 2.50 bits per heavy atom. The number of anilines is 2. The molecule has 1 saturated heterocycles. The van der Waals surface area contributed by atoms with Gasteiger partial charge in [0, 0.05) is 53.0 Å². The normalized spacial score (nSPS) is 12.6. The number of nitrogens with one attached hydrogen (secondary N) is 1. The van der Waals surface area contributed by atoms with E-state index in [2.05, 4.69) is 19.9 Å². The van der Waals surface area contributed by atoms with E-state index in [0.29, 0.717) is 37.2 Å². The van der Waals surface area contributed by atoms with Crippen LogP contribution in [0.3, 0.4) is 0 Å². The Morgan fingerprint density at radius 2 is 1.87 bits per heavy atom. The Labute approximate surface area is 172 Å². The Balaban J connectivity index is 0.000000757. The molecule has 1 aromatic carbocycles. The van der Waals surface area contributed by atoms with E-state index in [1.54, 1.807) is 18.5 Å². The van der Waals surface area contributed by atoms with Crippen LogP contribution in [0.1, 0.15) is 17.2 Å². The van der Waals surface area contributed by atoms with Crippen molar-refractivity contribution >= 4 is 17.2 Å². The highest BCUT2D eigenvalue weighted by molar-refractivity contribution is 6.14. The highest BCUT2D eigenvalue weighted by Gasteiger charge is 2.29. The summed E-state index contributed by atoms with van der Waals surface area (Å²) in [5, 5.41) is 12.7. The Bertz CT molecular complexity index is 945. The summed E-state index contributed by atoms with van der Waals surface area (Å²) in [5.41, 5.74) is 7.58. The molecule has 7 nitrogen and oxygen atoms in total. The van der Waals surface area contributed by atoms with Crippen molar-refractivity contribution in [3.63, 3.8) is 0 Å². The highest BCUT2D eigenvalue weighted by Crippen LogP contribution is 2.28. The van der Waals surface area contributed by atoms with Crippen LogP contribution in [0.15, 0.2) is 55.0 Å². The van der Waals surface area contributed by atoms with Gasteiger partial charge in [-0.3, -0.25) is 23.8 Å². The highest BCUT2D eigenvalue weighted by atomic mass is 19.3. The minimum absolute atomic E-state index is 0.0121. The minimum Gasteiger partial charge on any atom is -0.398 e. The lowest BCUT2D eigenvalue weighted by Gasteiger charge is -2.40. The van der Waals surface area contributed by atoms with Crippen LogP contribution in [-0.4, -0.2) is 47.9 Å². The van der Waals surface area contributed by atoms with E-state index in [-0.39, 0.29) is 11.5 Å². The van der Waals surface area contributed by atoms with Crippen molar-refractivity contribution < 1.29 is 18.2 Å². The summed E-state index contributed by atoms with van der Waals surface area (Å²) in [6, 6.07) is 10.1. The summed E-state index contributed by atoms with van der Waals surface area (Å²) in [6.07, 6.45) is 5.37. The standard InChI is InChI=1S/C18H17FN6O.2CH3F/c19-26-14-2-3-16(20)15(9-14)18(21)12-4-6-22-17(8-12)24-10-13(11-24)25-7-1-5-23-25;2*1-2/h1-9,13,21H,10-11,20H2;2*1H3. The van der Waals surface area contributed by atoms with Gasteiger partial charge in [-0.15, -0.1) is 0 Å². The fourth-order valence-electron chi connectivity index (χ4n) is 3.01. The Hall–Kier alpha value is -3.56.